The van der Waals surface area contributed by atoms with E-state index in [4.69, 9.17) is 68.8 Å². The zero-order valence-electron chi connectivity index (χ0n) is 32.0. The minimum absolute atomic E-state index is 0. The molecule has 0 bridgehead atoms. The van der Waals surface area contributed by atoms with Gasteiger partial charge in [0, 0.05) is 182 Å². The Kier molecular flexibility index (Phi) is 366. The zero-order valence-corrected chi connectivity index (χ0v) is 46.6. The largest absolute Gasteiger partial charge is 3.00 e. The first kappa shape index (κ1) is 124. The first-order chi connectivity index (χ1) is 20.5. The molecule has 31 heteroatoms. The third-order valence-corrected chi connectivity index (χ3v) is 3.85. The molecule has 0 heterocycles. The van der Waals surface area contributed by atoms with E-state index in [-0.39, 0.29) is 206 Å². The molecule has 0 aromatic carbocycles. The van der Waals surface area contributed by atoms with Gasteiger partial charge in [0.1, 0.15) is 0 Å². The molecule has 55 heavy (non-hydrogen) atoms. The summed E-state index contributed by atoms with van der Waals surface area (Å²) in [6.07, 6.45) is 0. The summed E-state index contributed by atoms with van der Waals surface area (Å²) in [6, 6.07) is 0. The molecule has 0 fully saturated rings. The summed E-state index contributed by atoms with van der Waals surface area (Å²) < 4.78 is 0. The van der Waals surface area contributed by atoms with Crippen LogP contribution < -0.4 is 101 Å². The fraction of sp³-hybridized carbons (Fsp3) is 1.00. The molecule has 30 N–H and O–H groups in total. The van der Waals surface area contributed by atoms with Gasteiger partial charge in [-0.3, -0.25) is 0 Å². The minimum Gasteiger partial charge on any atom is -2.00 e. The van der Waals surface area contributed by atoms with Gasteiger partial charge in [0.2, 0.25) is 0 Å². The van der Waals surface area contributed by atoms with Crippen LogP contribution in [-0.4, -0.2) is 206 Å². The molecule has 0 aliphatic carbocycles. The molecule has 0 atom stereocenters. The van der Waals surface area contributed by atoms with E-state index in [1.165, 1.54) is 0 Å². The fourth-order valence-electron chi connectivity index (χ4n) is 1.97. The second-order valence-electron chi connectivity index (χ2n) is 7.96. The fourth-order valence-corrected chi connectivity index (χ4v) is 1.97. The average molecular weight is 1300 g/mol. The number of hydrogen-bond acceptors (Lipinski definition) is 18. The summed E-state index contributed by atoms with van der Waals surface area (Å²) in [5, 5.41) is 18.2. The summed E-state index contributed by atoms with van der Waals surface area (Å²) in [4.78, 5) is 0. The summed E-state index contributed by atoms with van der Waals surface area (Å²) in [5.41, 5.74) is 62.0. The van der Waals surface area contributed by atoms with Crippen molar-refractivity contribution in [3.63, 3.8) is 0 Å². The van der Waals surface area contributed by atoms with Gasteiger partial charge in [-0.15, -0.1) is 0 Å². The van der Waals surface area contributed by atoms with Gasteiger partial charge in [-0.1, -0.05) is 0 Å². The maximum atomic E-state index is 5.17. The van der Waals surface area contributed by atoms with Crippen molar-refractivity contribution in [3.8, 4) is 0 Å². The van der Waals surface area contributed by atoms with Crippen LogP contribution in [0.1, 0.15) is 0 Å². The van der Waals surface area contributed by atoms with Crippen molar-refractivity contribution >= 4 is 157 Å². The standard InChI is InChI=1S/6C4H13N3.3Ni.8S.2Sb/c6*5-1-3-7-4-2-6;;;;;;;;;;;;;/h6*7H,1-6H2;;;;;;;;;;;;;/q;;;;;;3*+3;8*-2;;+3. The molecule has 0 amide bonds. The zero-order chi connectivity index (χ0) is 33.2. The van der Waals surface area contributed by atoms with Crippen LogP contribution in [0.15, 0.2) is 0 Å². The van der Waals surface area contributed by atoms with E-state index < -0.39 is 0 Å². The topological polar surface area (TPSA) is 384 Å². The Labute approximate surface area is 458 Å². The average Bonchev–Trinajstić information content (AvgIpc) is 3.01. The van der Waals surface area contributed by atoms with Crippen molar-refractivity contribution < 1.29 is 49.5 Å². The molecule has 0 saturated carbocycles. The normalized spacial score (nSPS) is 7.20. The first-order valence-corrected chi connectivity index (χ1v) is 15.1. The van der Waals surface area contributed by atoms with Gasteiger partial charge in [-0.2, -0.15) is 0 Å². The summed E-state index contributed by atoms with van der Waals surface area (Å²) in [6.45, 7) is 18.8. The number of nitrogens with one attached hydrogen (secondary N) is 6. The van der Waals surface area contributed by atoms with E-state index in [0.29, 0.717) is 78.5 Å². The molecule has 0 aromatic heterocycles. The monoisotopic (exact) mass is 1290 g/mol. The Bertz CT molecular complexity index is 295. The van der Waals surface area contributed by atoms with E-state index in [1.54, 1.807) is 0 Å². The maximum Gasteiger partial charge on any atom is 3.00 e. The second-order valence-corrected chi connectivity index (χ2v) is 7.96. The van der Waals surface area contributed by atoms with Gasteiger partial charge in [0.25, 0.3) is 0 Å². The van der Waals surface area contributed by atoms with Crippen LogP contribution in [0.5, 0.6) is 0 Å². The quantitative estimate of drug-likeness (QED) is 0.0315. The predicted octanol–water partition coefficient (Wildman–Crippen LogP) is -9.83. The van der Waals surface area contributed by atoms with Crippen LogP contribution in [0.3, 0.4) is 0 Å². The molecule has 0 aliphatic heterocycles. The van der Waals surface area contributed by atoms with Crippen molar-refractivity contribution in [2.24, 2.45) is 68.8 Å². The summed E-state index contributed by atoms with van der Waals surface area (Å²) >= 11 is 0. The van der Waals surface area contributed by atoms with Crippen molar-refractivity contribution in [2.75, 3.05) is 157 Å². The Morgan fingerprint density at radius 3 is 0.291 bits per heavy atom. The van der Waals surface area contributed by atoms with Gasteiger partial charge in [0.05, 0.1) is 0 Å². The Morgan fingerprint density at radius 2 is 0.255 bits per heavy atom. The van der Waals surface area contributed by atoms with Crippen molar-refractivity contribution in [2.45, 2.75) is 0 Å². The van der Waals surface area contributed by atoms with Crippen LogP contribution in [0.2, 0.25) is 0 Å². The Hall–Kier alpha value is 5.20. The number of nitrogens with two attached hydrogens (primary N) is 12. The maximum absolute atomic E-state index is 5.17. The third kappa shape index (κ3) is 227. The Morgan fingerprint density at radius 1 is 0.200 bits per heavy atom. The van der Waals surface area contributed by atoms with Crippen molar-refractivity contribution in [1.82, 2.24) is 31.9 Å². The smallest absolute Gasteiger partial charge is 2.00 e. The van der Waals surface area contributed by atoms with Gasteiger partial charge >= 0.3 is 73.9 Å². The van der Waals surface area contributed by atoms with Crippen molar-refractivity contribution in [3.05, 3.63) is 0 Å². The van der Waals surface area contributed by atoms with Crippen LogP contribution in [0.4, 0.5) is 0 Å². The molecule has 0 rings (SSSR count). The molecule has 18 nitrogen and oxygen atoms in total. The van der Waals surface area contributed by atoms with E-state index in [0.717, 1.165) is 78.5 Å². The van der Waals surface area contributed by atoms with Crippen LogP contribution in [-0.2, 0) is 157 Å². The van der Waals surface area contributed by atoms with E-state index >= 15 is 0 Å². The van der Waals surface area contributed by atoms with E-state index in [9.17, 15) is 0 Å². The predicted molar refractivity (Wildman–Crippen MR) is 256 cm³/mol. The van der Waals surface area contributed by atoms with Gasteiger partial charge in [0.15, 0.2) is 0 Å². The minimum atomic E-state index is 0. The molecule has 0 aromatic rings. The van der Waals surface area contributed by atoms with Crippen LogP contribution in [0.25, 0.3) is 0 Å². The molecular formula is C24H78N18Ni3S8Sb2-4. The molecule has 0 aliphatic rings. The molecule has 0 unspecified atom stereocenters. The number of hydrogen-bond donors (Lipinski definition) is 18. The van der Waals surface area contributed by atoms with Gasteiger partial charge in [-0.05, 0) is 0 Å². The second kappa shape index (κ2) is 162. The molecule has 0 spiro atoms. The molecule has 356 valence electrons. The third-order valence-electron chi connectivity index (χ3n) is 3.85. The van der Waals surface area contributed by atoms with E-state index in [2.05, 4.69) is 31.9 Å². The van der Waals surface area contributed by atoms with Crippen LogP contribution in [0, 0.1) is 0 Å². The number of rotatable bonds is 24. The first-order valence-electron chi connectivity index (χ1n) is 15.1. The van der Waals surface area contributed by atoms with Crippen LogP contribution >= 0.6 is 0 Å². The summed E-state index contributed by atoms with van der Waals surface area (Å²) in [5.74, 6) is 0. The summed E-state index contributed by atoms with van der Waals surface area (Å²) in [7, 11) is 0. The molecule has 8 radical (unpaired) electrons. The van der Waals surface area contributed by atoms with Crippen molar-refractivity contribution in [1.29, 1.82) is 0 Å². The van der Waals surface area contributed by atoms with Gasteiger partial charge < -0.3 is 209 Å². The molecular weight excluding hydrogens is 1220 g/mol. The van der Waals surface area contributed by atoms with Gasteiger partial charge in [-0.25, -0.2) is 0 Å². The molecule has 0 saturated heterocycles. The van der Waals surface area contributed by atoms with E-state index in [1.807, 2.05) is 0 Å². The SMILES string of the molecule is NCCNCCN.NCCNCCN.NCCNCCN.NCCNCCN.NCCNCCN.NCCNCCN.[Ni+3].[Ni+3].[Ni+3].[S-2].[S-2].[S-2].[S-2].[S-2].[S-2].[S-2].[S-2].[Sb+3].[Sb]. The Balaban J connectivity index is -0.0000000159.